The van der Waals surface area contributed by atoms with Crippen molar-refractivity contribution in [2.75, 3.05) is 19.0 Å². The van der Waals surface area contributed by atoms with Crippen molar-refractivity contribution in [3.8, 4) is 0 Å². The number of benzene rings is 3. The van der Waals surface area contributed by atoms with Crippen LogP contribution in [0.4, 0.5) is 5.82 Å². The molecule has 2 aromatic heterocycles. The third kappa shape index (κ3) is 7.64. The van der Waals surface area contributed by atoms with Crippen molar-refractivity contribution in [1.29, 1.82) is 0 Å². The minimum absolute atomic E-state index is 0.115. The number of carbonyl (C=O) groups is 3. The van der Waals surface area contributed by atoms with E-state index in [1.54, 1.807) is 28.8 Å². The second-order valence-electron chi connectivity index (χ2n) is 11.5. The molecule has 3 heterocycles. The number of imidazole rings is 1. The molecule has 4 atom stereocenters. The molecule has 1 saturated heterocycles. The third-order valence-corrected chi connectivity index (χ3v) is 8.06. The van der Waals surface area contributed by atoms with Crippen molar-refractivity contribution in [3.63, 3.8) is 0 Å². The molecular weight excluding hydrogens is 630 g/mol. The van der Waals surface area contributed by atoms with Gasteiger partial charge in [-0.2, -0.15) is 0 Å². The molecule has 0 unspecified atom stereocenters. The Kier molecular flexibility index (Phi) is 10.3. The zero-order chi connectivity index (χ0) is 34.2. The number of esters is 2. The number of methoxy groups -OCH3 is 1. The molecule has 13 heteroatoms. The molecule has 6 rings (SSSR count). The molecule has 252 valence electrons. The van der Waals surface area contributed by atoms with Crippen LogP contribution in [0.2, 0.25) is 0 Å². The Morgan fingerprint density at radius 3 is 2.18 bits per heavy atom. The Hall–Kier alpha value is -5.50. The monoisotopic (exact) mass is 665 g/mol. The Morgan fingerprint density at radius 1 is 0.878 bits per heavy atom. The number of amides is 1. The maximum Gasteiger partial charge on any atom is 0.308 e. The number of carbonyl (C=O) groups excluding carboxylic acids is 3. The van der Waals surface area contributed by atoms with E-state index in [9.17, 15) is 14.4 Å². The molecular formula is C36H35N5O8. The fraction of sp³-hybridized carbons (Fsp3) is 0.278. The molecule has 49 heavy (non-hydrogen) atoms. The summed E-state index contributed by atoms with van der Waals surface area (Å²) in [6.45, 7) is 1.49. The van der Waals surface area contributed by atoms with Crippen molar-refractivity contribution in [3.05, 3.63) is 120 Å². The molecule has 1 amide bonds. The molecule has 0 aliphatic carbocycles. The van der Waals surface area contributed by atoms with Gasteiger partial charge in [0, 0.05) is 12.5 Å². The Bertz CT molecular complexity index is 1890. The molecule has 0 bridgehead atoms. The molecule has 5 aromatic rings. The van der Waals surface area contributed by atoms with Gasteiger partial charge >= 0.3 is 11.9 Å². The van der Waals surface area contributed by atoms with Crippen LogP contribution in [-0.2, 0) is 46.5 Å². The molecule has 13 nitrogen and oxygen atoms in total. The normalized spacial score (nSPS) is 20.2. The van der Waals surface area contributed by atoms with Gasteiger partial charge in [-0.25, -0.2) is 15.0 Å². The summed E-state index contributed by atoms with van der Waals surface area (Å²) < 4.78 is 32.1. The number of ether oxygens (including phenoxy) is 5. The smallest absolute Gasteiger partial charge is 0.308 e. The van der Waals surface area contributed by atoms with Crippen molar-refractivity contribution >= 4 is 34.8 Å². The summed E-state index contributed by atoms with van der Waals surface area (Å²) in [5, 5.41) is 2.79. The van der Waals surface area contributed by atoms with Crippen LogP contribution in [0.5, 0.6) is 0 Å². The lowest BCUT2D eigenvalue weighted by Crippen LogP contribution is -2.51. The highest BCUT2D eigenvalue weighted by atomic mass is 16.7. The minimum Gasteiger partial charge on any atom is -0.469 e. The molecule has 3 aromatic carbocycles. The largest absolute Gasteiger partial charge is 0.469 e. The predicted octanol–water partition coefficient (Wildman–Crippen LogP) is 4.64. The fourth-order valence-corrected chi connectivity index (χ4v) is 5.80. The summed E-state index contributed by atoms with van der Waals surface area (Å²) in [6.07, 6.45) is -0.760. The lowest BCUT2D eigenvalue weighted by atomic mass is 9.91. The lowest BCUT2D eigenvalue weighted by molar-refractivity contribution is -0.176. The van der Waals surface area contributed by atoms with Gasteiger partial charge in [-0.1, -0.05) is 78.9 Å². The first kappa shape index (κ1) is 33.4. The summed E-state index contributed by atoms with van der Waals surface area (Å²) in [5.41, 5.74) is 1.25. The first-order valence-corrected chi connectivity index (χ1v) is 15.6. The standard InChI is InChI=1S/C36H35N5O8/c1-24(42)48-30-31(47-20-26-14-8-4-9-15-26)36(18-28(43)45-2,21-46-19-25-12-6-3-7-13-25)49-35(30)41-23-39-29-32(37-22-38-33(29)41)40-34(44)27-16-10-5-11-17-27/h3-17,22-23,30-31,35H,18-21H2,1-2H3,(H,37,38,40,44)/t30-,31+,35-,36+/m1/s1. The molecule has 1 aliphatic rings. The quantitative estimate of drug-likeness (QED) is 0.175. The highest BCUT2D eigenvalue weighted by Gasteiger charge is 2.60. The molecule has 0 spiro atoms. The number of aromatic nitrogens is 4. The van der Waals surface area contributed by atoms with Gasteiger partial charge in [0.1, 0.15) is 18.0 Å². The van der Waals surface area contributed by atoms with Gasteiger partial charge in [0.25, 0.3) is 5.91 Å². The van der Waals surface area contributed by atoms with Gasteiger partial charge < -0.3 is 29.0 Å². The Balaban J connectivity index is 1.39. The van der Waals surface area contributed by atoms with Gasteiger partial charge in [0.15, 0.2) is 29.3 Å². The summed E-state index contributed by atoms with van der Waals surface area (Å²) in [5.74, 6) is -1.39. The summed E-state index contributed by atoms with van der Waals surface area (Å²) in [6, 6.07) is 27.7. The average Bonchev–Trinajstić information content (AvgIpc) is 3.67. The second kappa shape index (κ2) is 15.2. The Labute approximate surface area is 282 Å². The van der Waals surface area contributed by atoms with E-state index >= 15 is 0 Å². The zero-order valence-electron chi connectivity index (χ0n) is 26.9. The maximum absolute atomic E-state index is 13.0. The number of nitrogens with one attached hydrogen (secondary N) is 1. The van der Waals surface area contributed by atoms with Crippen LogP contribution >= 0.6 is 0 Å². The summed E-state index contributed by atoms with van der Waals surface area (Å²) in [7, 11) is 1.28. The van der Waals surface area contributed by atoms with Crippen molar-refractivity contribution in [2.24, 2.45) is 0 Å². The topological polar surface area (TPSA) is 153 Å². The second-order valence-corrected chi connectivity index (χ2v) is 11.5. The number of fused-ring (bicyclic) bond motifs is 1. The van der Waals surface area contributed by atoms with Gasteiger partial charge in [-0.05, 0) is 23.3 Å². The van der Waals surface area contributed by atoms with Gasteiger partial charge in [-0.3, -0.25) is 19.0 Å². The van der Waals surface area contributed by atoms with Gasteiger partial charge in [0.05, 0.1) is 39.7 Å². The van der Waals surface area contributed by atoms with E-state index in [-0.39, 0.29) is 49.1 Å². The highest BCUT2D eigenvalue weighted by molar-refractivity contribution is 6.06. The summed E-state index contributed by atoms with van der Waals surface area (Å²) >= 11 is 0. The highest BCUT2D eigenvalue weighted by Crippen LogP contribution is 2.45. The SMILES string of the molecule is COC(=O)C[C@@]1(COCc2ccccc2)O[C@@H](n2cnc3c(NC(=O)c4ccccc4)ncnc32)[C@H](OC(C)=O)[C@@H]1OCc1ccccc1. The van der Waals surface area contributed by atoms with Crippen LogP contribution in [0, 0.1) is 0 Å². The van der Waals surface area contributed by atoms with E-state index in [0.29, 0.717) is 5.56 Å². The molecule has 1 fully saturated rings. The fourth-order valence-electron chi connectivity index (χ4n) is 5.80. The van der Waals surface area contributed by atoms with E-state index in [2.05, 4.69) is 20.3 Å². The van der Waals surface area contributed by atoms with E-state index < -0.39 is 36.0 Å². The number of hydrogen-bond donors (Lipinski definition) is 1. The van der Waals surface area contributed by atoms with Crippen molar-refractivity contribution < 1.29 is 38.1 Å². The average molecular weight is 666 g/mol. The minimum atomic E-state index is -1.49. The lowest BCUT2D eigenvalue weighted by Gasteiger charge is -2.33. The molecule has 1 aliphatic heterocycles. The predicted molar refractivity (Wildman–Crippen MR) is 176 cm³/mol. The van der Waals surface area contributed by atoms with Crippen LogP contribution in [-0.4, -0.2) is 68.9 Å². The Morgan fingerprint density at radius 2 is 1.53 bits per heavy atom. The third-order valence-electron chi connectivity index (χ3n) is 8.06. The van der Waals surface area contributed by atoms with E-state index in [0.717, 1.165) is 11.1 Å². The van der Waals surface area contributed by atoms with Crippen molar-refractivity contribution in [2.45, 2.75) is 50.6 Å². The maximum atomic E-state index is 13.0. The molecule has 0 saturated carbocycles. The van der Waals surface area contributed by atoms with Crippen LogP contribution in [0.3, 0.4) is 0 Å². The number of nitrogens with zero attached hydrogens (tertiary/aromatic N) is 4. The first-order chi connectivity index (χ1) is 23.9. The van der Waals surface area contributed by atoms with Crippen LogP contribution in [0.25, 0.3) is 11.2 Å². The number of rotatable bonds is 13. The number of hydrogen-bond acceptors (Lipinski definition) is 11. The van der Waals surface area contributed by atoms with Crippen LogP contribution in [0.1, 0.15) is 41.1 Å². The van der Waals surface area contributed by atoms with E-state index in [4.69, 9.17) is 23.7 Å². The van der Waals surface area contributed by atoms with Crippen molar-refractivity contribution in [1.82, 2.24) is 19.5 Å². The molecule has 0 radical (unpaired) electrons. The number of anilines is 1. The van der Waals surface area contributed by atoms with Gasteiger partial charge in [-0.15, -0.1) is 0 Å². The van der Waals surface area contributed by atoms with E-state index in [1.165, 1.54) is 26.7 Å². The van der Waals surface area contributed by atoms with Gasteiger partial charge in [0.2, 0.25) is 0 Å². The van der Waals surface area contributed by atoms with E-state index in [1.807, 2.05) is 66.7 Å². The zero-order valence-corrected chi connectivity index (χ0v) is 26.9. The summed E-state index contributed by atoms with van der Waals surface area (Å²) in [4.78, 5) is 51.9. The van der Waals surface area contributed by atoms with Crippen LogP contribution in [0.15, 0.2) is 104 Å². The molecule has 1 N–H and O–H groups in total. The van der Waals surface area contributed by atoms with Crippen LogP contribution < -0.4 is 5.32 Å². The first-order valence-electron chi connectivity index (χ1n) is 15.6.